The summed E-state index contributed by atoms with van der Waals surface area (Å²) in [5, 5.41) is 7.74. The Morgan fingerprint density at radius 1 is 0.926 bits per heavy atom. The zero-order valence-electron chi connectivity index (χ0n) is 13.9. The smallest absolute Gasteiger partial charge is 0.293 e. The average Bonchev–Trinajstić information content (AvgIpc) is 3.30. The van der Waals surface area contributed by atoms with Crippen molar-refractivity contribution in [2.45, 2.75) is 0 Å². The van der Waals surface area contributed by atoms with Crippen molar-refractivity contribution in [3.05, 3.63) is 82.5 Å². The molecule has 0 unspecified atom stereocenters. The molecule has 7 heteroatoms. The first-order valence-corrected chi connectivity index (χ1v) is 8.93. The lowest BCUT2D eigenvalue weighted by Gasteiger charge is -2.07. The highest BCUT2D eigenvalue weighted by atomic mass is 32.1. The number of carbonyl (C=O) groups is 2. The molecule has 0 saturated carbocycles. The van der Waals surface area contributed by atoms with Crippen LogP contribution in [0.3, 0.4) is 0 Å². The second-order valence-corrected chi connectivity index (χ2v) is 6.65. The van der Waals surface area contributed by atoms with Gasteiger partial charge in [0.1, 0.15) is 17.1 Å². The maximum atomic E-state index is 13.4. The minimum Gasteiger partial charge on any atom is -0.449 e. The van der Waals surface area contributed by atoms with E-state index in [-0.39, 0.29) is 23.0 Å². The molecule has 0 spiro atoms. The molecule has 2 aromatic heterocycles. The molecule has 0 aliphatic carbocycles. The first kappa shape index (κ1) is 17.0. The molecular formula is C20H13FN2O3S. The standard InChI is InChI=1S/C20H13FN2O3S/c21-12-5-3-6-13(11-12)22-20(25)18-17(14-7-1-2-8-15(14)26-18)23-19(24)16-9-4-10-27-16/h1-11H,(H,22,25)(H,23,24). The van der Waals surface area contributed by atoms with Crippen molar-refractivity contribution in [3.8, 4) is 0 Å². The largest absolute Gasteiger partial charge is 0.449 e. The van der Waals surface area contributed by atoms with E-state index in [9.17, 15) is 14.0 Å². The number of thiophene rings is 1. The summed E-state index contributed by atoms with van der Waals surface area (Å²) < 4.78 is 19.0. The van der Waals surface area contributed by atoms with E-state index in [4.69, 9.17) is 4.42 Å². The van der Waals surface area contributed by atoms with Crippen LogP contribution < -0.4 is 10.6 Å². The summed E-state index contributed by atoms with van der Waals surface area (Å²) in [6, 6.07) is 16.0. The maximum absolute atomic E-state index is 13.4. The van der Waals surface area contributed by atoms with Gasteiger partial charge in [-0.05, 0) is 41.8 Å². The van der Waals surface area contributed by atoms with Gasteiger partial charge in [0.25, 0.3) is 11.8 Å². The lowest BCUT2D eigenvalue weighted by molar-refractivity contribution is 0.0999. The van der Waals surface area contributed by atoms with Crippen LogP contribution in [-0.2, 0) is 0 Å². The zero-order chi connectivity index (χ0) is 18.8. The second kappa shape index (κ2) is 7.05. The molecule has 0 aliphatic rings. The molecule has 4 aromatic rings. The first-order chi connectivity index (χ1) is 13.1. The van der Waals surface area contributed by atoms with Gasteiger partial charge in [0.15, 0.2) is 0 Å². The number of rotatable bonds is 4. The number of fused-ring (bicyclic) bond motifs is 1. The van der Waals surface area contributed by atoms with Crippen molar-refractivity contribution >= 4 is 45.5 Å². The Morgan fingerprint density at radius 2 is 1.78 bits per heavy atom. The summed E-state index contributed by atoms with van der Waals surface area (Å²) in [6.07, 6.45) is 0. The van der Waals surface area contributed by atoms with Gasteiger partial charge in [0.05, 0.1) is 4.88 Å². The van der Waals surface area contributed by atoms with E-state index in [1.165, 1.54) is 29.5 Å². The van der Waals surface area contributed by atoms with Crippen LogP contribution in [0.15, 0.2) is 70.5 Å². The molecule has 5 nitrogen and oxygen atoms in total. The fourth-order valence-corrected chi connectivity index (χ4v) is 3.29. The highest BCUT2D eigenvalue weighted by molar-refractivity contribution is 7.12. The van der Waals surface area contributed by atoms with Gasteiger partial charge in [-0.2, -0.15) is 0 Å². The number of halogens is 1. The molecule has 4 rings (SSSR count). The van der Waals surface area contributed by atoms with Gasteiger partial charge < -0.3 is 15.1 Å². The van der Waals surface area contributed by atoms with Crippen LogP contribution >= 0.6 is 11.3 Å². The molecule has 0 radical (unpaired) electrons. The Hall–Kier alpha value is -3.45. The third-order valence-electron chi connectivity index (χ3n) is 3.87. The summed E-state index contributed by atoms with van der Waals surface area (Å²) in [5.41, 5.74) is 1.03. The van der Waals surface area contributed by atoms with Crippen LogP contribution in [0, 0.1) is 5.82 Å². The molecule has 0 fully saturated rings. The van der Waals surface area contributed by atoms with E-state index in [2.05, 4.69) is 10.6 Å². The van der Waals surface area contributed by atoms with Crippen molar-refractivity contribution < 1.29 is 18.4 Å². The fourth-order valence-electron chi connectivity index (χ4n) is 2.67. The number of hydrogen-bond acceptors (Lipinski definition) is 4. The number of nitrogens with one attached hydrogen (secondary N) is 2. The molecule has 0 saturated heterocycles. The molecule has 27 heavy (non-hydrogen) atoms. The van der Waals surface area contributed by atoms with Crippen LogP contribution in [0.5, 0.6) is 0 Å². The quantitative estimate of drug-likeness (QED) is 0.515. The van der Waals surface area contributed by atoms with Gasteiger partial charge in [-0.25, -0.2) is 4.39 Å². The Morgan fingerprint density at radius 3 is 2.56 bits per heavy atom. The summed E-state index contributed by atoms with van der Waals surface area (Å²) >= 11 is 1.29. The Labute approximate surface area is 157 Å². The van der Waals surface area contributed by atoms with Crippen LogP contribution in [-0.4, -0.2) is 11.8 Å². The van der Waals surface area contributed by atoms with Crippen molar-refractivity contribution in [2.75, 3.05) is 10.6 Å². The van der Waals surface area contributed by atoms with Crippen LogP contribution in [0.4, 0.5) is 15.8 Å². The molecule has 2 N–H and O–H groups in total. The second-order valence-electron chi connectivity index (χ2n) is 5.70. The third kappa shape index (κ3) is 3.45. The van der Waals surface area contributed by atoms with Crippen molar-refractivity contribution in [1.29, 1.82) is 0 Å². The van der Waals surface area contributed by atoms with Crippen LogP contribution in [0.2, 0.25) is 0 Å². The summed E-state index contributed by atoms with van der Waals surface area (Å²) in [7, 11) is 0. The fraction of sp³-hybridized carbons (Fsp3) is 0. The van der Waals surface area contributed by atoms with E-state index in [1.54, 1.807) is 47.8 Å². The van der Waals surface area contributed by atoms with Gasteiger partial charge in [0.2, 0.25) is 5.76 Å². The van der Waals surface area contributed by atoms with Crippen molar-refractivity contribution in [3.63, 3.8) is 0 Å². The minimum absolute atomic E-state index is 0.0506. The molecule has 0 atom stereocenters. The number of amides is 2. The number of furan rings is 1. The predicted octanol–water partition coefficient (Wildman–Crippen LogP) is 5.14. The SMILES string of the molecule is O=C(Nc1c(C(=O)Nc2cccc(F)c2)oc2ccccc12)c1cccs1. The van der Waals surface area contributed by atoms with Crippen molar-refractivity contribution in [1.82, 2.24) is 0 Å². The van der Waals surface area contributed by atoms with Crippen molar-refractivity contribution in [2.24, 2.45) is 0 Å². The van der Waals surface area contributed by atoms with E-state index in [0.717, 1.165) is 0 Å². The maximum Gasteiger partial charge on any atom is 0.293 e. The van der Waals surface area contributed by atoms with Gasteiger partial charge in [0, 0.05) is 11.1 Å². The Balaban J connectivity index is 1.71. The predicted molar refractivity (Wildman–Crippen MR) is 103 cm³/mol. The molecule has 134 valence electrons. The van der Waals surface area contributed by atoms with E-state index in [0.29, 0.717) is 15.8 Å². The molecule has 2 aromatic carbocycles. The summed E-state index contributed by atoms with van der Waals surface area (Å²) in [4.78, 5) is 25.7. The monoisotopic (exact) mass is 380 g/mol. The molecule has 0 aliphatic heterocycles. The van der Waals surface area contributed by atoms with Gasteiger partial charge in [-0.15, -0.1) is 11.3 Å². The number of para-hydroxylation sites is 1. The Kier molecular flexibility index (Phi) is 4.43. The van der Waals surface area contributed by atoms with E-state index in [1.807, 2.05) is 0 Å². The highest BCUT2D eigenvalue weighted by Gasteiger charge is 2.23. The number of carbonyl (C=O) groups excluding carboxylic acids is 2. The summed E-state index contributed by atoms with van der Waals surface area (Å²) in [5.74, 6) is -1.44. The molecule has 2 heterocycles. The normalized spacial score (nSPS) is 10.7. The van der Waals surface area contributed by atoms with E-state index >= 15 is 0 Å². The Bertz CT molecular complexity index is 1140. The lowest BCUT2D eigenvalue weighted by atomic mass is 10.2. The third-order valence-corrected chi connectivity index (χ3v) is 4.74. The van der Waals surface area contributed by atoms with Crippen LogP contribution in [0.25, 0.3) is 11.0 Å². The summed E-state index contributed by atoms with van der Waals surface area (Å²) in [6.45, 7) is 0. The van der Waals surface area contributed by atoms with Crippen LogP contribution in [0.1, 0.15) is 20.2 Å². The molecule has 2 amide bonds. The van der Waals surface area contributed by atoms with Gasteiger partial charge in [-0.3, -0.25) is 9.59 Å². The lowest BCUT2D eigenvalue weighted by Crippen LogP contribution is -2.16. The number of benzene rings is 2. The van der Waals surface area contributed by atoms with E-state index < -0.39 is 11.7 Å². The number of anilines is 2. The molecule has 0 bridgehead atoms. The zero-order valence-corrected chi connectivity index (χ0v) is 14.7. The first-order valence-electron chi connectivity index (χ1n) is 8.05. The van der Waals surface area contributed by atoms with Gasteiger partial charge in [-0.1, -0.05) is 24.3 Å². The molecular weight excluding hydrogens is 367 g/mol. The topological polar surface area (TPSA) is 71.3 Å². The number of hydrogen-bond donors (Lipinski definition) is 2. The average molecular weight is 380 g/mol. The highest BCUT2D eigenvalue weighted by Crippen LogP contribution is 2.32. The minimum atomic E-state index is -0.585. The van der Waals surface area contributed by atoms with Gasteiger partial charge >= 0.3 is 0 Å².